The Morgan fingerprint density at radius 1 is 1.29 bits per heavy atom. The van der Waals surface area contributed by atoms with Gasteiger partial charge >= 0.3 is 6.09 Å². The first-order valence-corrected chi connectivity index (χ1v) is 7.98. The average Bonchev–Trinajstić information content (AvgIpc) is 2.49. The number of anilines is 1. The number of methoxy groups -OCH3 is 1. The Hall–Kier alpha value is -2.44. The van der Waals surface area contributed by atoms with Crippen molar-refractivity contribution in [1.29, 1.82) is 0 Å². The molecule has 0 spiro atoms. The highest BCUT2D eigenvalue weighted by Gasteiger charge is 2.15. The van der Waals surface area contributed by atoms with Crippen LogP contribution in [0.15, 0.2) is 29.3 Å². The van der Waals surface area contributed by atoms with Gasteiger partial charge in [-0.1, -0.05) is 6.07 Å². The molecule has 0 aromatic heterocycles. The van der Waals surface area contributed by atoms with Crippen molar-refractivity contribution in [2.75, 3.05) is 25.5 Å². The van der Waals surface area contributed by atoms with Crippen LogP contribution >= 0.6 is 0 Å². The van der Waals surface area contributed by atoms with E-state index in [2.05, 4.69) is 15.6 Å². The lowest BCUT2D eigenvalue weighted by Gasteiger charge is -2.19. The van der Waals surface area contributed by atoms with Gasteiger partial charge in [0.2, 0.25) is 0 Å². The molecule has 1 amide bonds. The molecule has 1 rings (SSSR count). The van der Waals surface area contributed by atoms with Gasteiger partial charge in [-0.3, -0.25) is 4.99 Å². The van der Waals surface area contributed by atoms with Crippen molar-refractivity contribution in [3.63, 3.8) is 0 Å². The number of hydrogen-bond acceptors (Lipinski definition) is 4. The zero-order valence-corrected chi connectivity index (χ0v) is 14.9. The molecule has 0 saturated carbocycles. The van der Waals surface area contributed by atoms with Crippen molar-refractivity contribution in [1.82, 2.24) is 5.32 Å². The van der Waals surface area contributed by atoms with Gasteiger partial charge in [-0.05, 0) is 45.7 Å². The van der Waals surface area contributed by atoms with Gasteiger partial charge in [0.05, 0.1) is 7.11 Å². The van der Waals surface area contributed by atoms with Crippen molar-refractivity contribution in [3.05, 3.63) is 24.3 Å². The number of hydrogen-bond donors (Lipinski definition) is 3. The lowest BCUT2D eigenvalue weighted by Crippen LogP contribution is -2.33. The SMILES string of the molecule is COc1cccc(NC(N)=NCCCCNC(=O)OC(C)(C)C)c1. The maximum absolute atomic E-state index is 11.5. The van der Waals surface area contributed by atoms with Crippen LogP contribution in [0.4, 0.5) is 10.5 Å². The molecule has 7 nitrogen and oxygen atoms in total. The van der Waals surface area contributed by atoms with Gasteiger partial charge in [0.1, 0.15) is 11.4 Å². The molecule has 7 heteroatoms. The number of ether oxygens (including phenoxy) is 2. The molecule has 1 aromatic carbocycles. The van der Waals surface area contributed by atoms with Crippen LogP contribution in [-0.2, 0) is 4.74 Å². The molecule has 0 bridgehead atoms. The highest BCUT2D eigenvalue weighted by atomic mass is 16.6. The van der Waals surface area contributed by atoms with Gasteiger partial charge in [0, 0.05) is 24.8 Å². The maximum Gasteiger partial charge on any atom is 0.407 e. The van der Waals surface area contributed by atoms with Crippen molar-refractivity contribution >= 4 is 17.7 Å². The van der Waals surface area contributed by atoms with Gasteiger partial charge in [0.25, 0.3) is 0 Å². The molecule has 0 aliphatic heterocycles. The second-order valence-corrected chi connectivity index (χ2v) is 6.26. The van der Waals surface area contributed by atoms with Crippen LogP contribution in [0.2, 0.25) is 0 Å². The number of alkyl carbamates (subject to hydrolysis) is 1. The molecule has 0 aliphatic rings. The minimum atomic E-state index is -0.478. The van der Waals surface area contributed by atoms with Crippen LogP contribution in [0.5, 0.6) is 5.75 Å². The molecule has 1 aromatic rings. The van der Waals surface area contributed by atoms with Crippen LogP contribution in [0.1, 0.15) is 33.6 Å². The highest BCUT2D eigenvalue weighted by Crippen LogP contribution is 2.16. The summed E-state index contributed by atoms with van der Waals surface area (Å²) >= 11 is 0. The number of carbonyl (C=O) groups excluding carboxylic acids is 1. The van der Waals surface area contributed by atoms with Gasteiger partial charge in [0.15, 0.2) is 5.96 Å². The first-order valence-electron chi connectivity index (χ1n) is 7.98. The number of rotatable bonds is 7. The molecule has 134 valence electrons. The molecule has 0 fully saturated rings. The molecular formula is C17H28N4O3. The smallest absolute Gasteiger partial charge is 0.407 e. The fraction of sp³-hybridized carbons (Fsp3) is 0.529. The monoisotopic (exact) mass is 336 g/mol. The second-order valence-electron chi connectivity index (χ2n) is 6.26. The number of nitrogens with one attached hydrogen (secondary N) is 2. The van der Waals surface area contributed by atoms with Crippen LogP contribution in [-0.4, -0.2) is 37.9 Å². The summed E-state index contributed by atoms with van der Waals surface area (Å²) in [4.78, 5) is 15.7. The molecule has 24 heavy (non-hydrogen) atoms. The molecule has 4 N–H and O–H groups in total. The van der Waals surface area contributed by atoms with E-state index < -0.39 is 11.7 Å². The van der Waals surface area contributed by atoms with E-state index in [1.54, 1.807) is 7.11 Å². The molecule has 0 aliphatic carbocycles. The summed E-state index contributed by atoms with van der Waals surface area (Å²) in [5.74, 6) is 1.10. The summed E-state index contributed by atoms with van der Waals surface area (Å²) in [5, 5.41) is 5.72. The van der Waals surface area contributed by atoms with Crippen molar-refractivity contribution in [2.45, 2.75) is 39.2 Å². The van der Waals surface area contributed by atoms with E-state index in [1.165, 1.54) is 0 Å². The number of aliphatic imine (C=N–C) groups is 1. The first-order chi connectivity index (χ1) is 11.3. The van der Waals surface area contributed by atoms with E-state index in [0.717, 1.165) is 24.3 Å². The summed E-state index contributed by atoms with van der Waals surface area (Å²) in [5.41, 5.74) is 6.18. The average molecular weight is 336 g/mol. The minimum Gasteiger partial charge on any atom is -0.497 e. The van der Waals surface area contributed by atoms with Crippen LogP contribution in [0.25, 0.3) is 0 Å². The van der Waals surface area contributed by atoms with Crippen molar-refractivity contribution in [2.24, 2.45) is 10.7 Å². The van der Waals surface area contributed by atoms with Crippen molar-refractivity contribution < 1.29 is 14.3 Å². The zero-order valence-electron chi connectivity index (χ0n) is 14.9. The number of benzene rings is 1. The molecule has 0 atom stereocenters. The predicted octanol–water partition coefficient (Wildman–Crippen LogP) is 2.73. The van der Waals surface area contributed by atoms with E-state index in [9.17, 15) is 4.79 Å². The lowest BCUT2D eigenvalue weighted by atomic mass is 10.2. The van der Waals surface area contributed by atoms with Crippen molar-refractivity contribution in [3.8, 4) is 5.75 Å². The summed E-state index contributed by atoms with van der Waals surface area (Å²) in [6.07, 6.45) is 1.22. The normalized spacial score (nSPS) is 11.8. The Morgan fingerprint density at radius 2 is 2.04 bits per heavy atom. The third-order valence-corrected chi connectivity index (χ3v) is 2.88. The predicted molar refractivity (Wildman–Crippen MR) is 96.6 cm³/mol. The topological polar surface area (TPSA) is 98.0 Å². The molecule has 0 radical (unpaired) electrons. The number of amides is 1. The van der Waals surface area contributed by atoms with Crippen LogP contribution in [0.3, 0.4) is 0 Å². The molecule has 0 heterocycles. The number of nitrogens with zero attached hydrogens (tertiary/aromatic N) is 1. The van der Waals surface area contributed by atoms with E-state index in [0.29, 0.717) is 19.0 Å². The first kappa shape index (κ1) is 19.6. The fourth-order valence-corrected chi connectivity index (χ4v) is 1.83. The number of unbranched alkanes of at least 4 members (excludes halogenated alkanes) is 1. The Kier molecular flexibility index (Phi) is 7.88. The van der Waals surface area contributed by atoms with Gasteiger partial charge < -0.3 is 25.8 Å². The molecular weight excluding hydrogens is 308 g/mol. The van der Waals surface area contributed by atoms with Gasteiger partial charge in [-0.15, -0.1) is 0 Å². The van der Waals surface area contributed by atoms with E-state index in [-0.39, 0.29) is 0 Å². The van der Waals surface area contributed by atoms with Crippen LogP contribution < -0.4 is 21.1 Å². The summed E-state index contributed by atoms with van der Waals surface area (Å²) < 4.78 is 10.3. The summed E-state index contributed by atoms with van der Waals surface area (Å²) in [7, 11) is 1.61. The Labute approximate surface area is 143 Å². The fourth-order valence-electron chi connectivity index (χ4n) is 1.83. The second kappa shape index (κ2) is 9.64. The third-order valence-electron chi connectivity index (χ3n) is 2.88. The lowest BCUT2D eigenvalue weighted by molar-refractivity contribution is 0.0527. The van der Waals surface area contributed by atoms with Gasteiger partial charge in [-0.2, -0.15) is 0 Å². The summed E-state index contributed by atoms with van der Waals surface area (Å²) in [6, 6.07) is 7.45. The Morgan fingerprint density at radius 3 is 2.71 bits per heavy atom. The Bertz CT molecular complexity index is 553. The van der Waals surface area contributed by atoms with E-state index >= 15 is 0 Å². The molecule has 0 saturated heterocycles. The quantitative estimate of drug-likeness (QED) is 0.404. The Balaban J connectivity index is 2.21. The number of carbonyl (C=O) groups is 1. The van der Waals surface area contributed by atoms with E-state index in [4.69, 9.17) is 15.2 Å². The zero-order chi connectivity index (χ0) is 18.0. The summed E-state index contributed by atoms with van der Waals surface area (Å²) in [6.45, 7) is 6.63. The largest absolute Gasteiger partial charge is 0.497 e. The molecule has 0 unspecified atom stereocenters. The van der Waals surface area contributed by atoms with E-state index in [1.807, 2.05) is 45.0 Å². The third kappa shape index (κ3) is 8.87. The number of guanidine groups is 1. The number of nitrogens with two attached hydrogens (primary N) is 1. The standard InChI is InChI=1S/C17H28N4O3/c1-17(2,3)24-16(22)20-11-6-5-10-19-15(18)21-13-8-7-9-14(12-13)23-4/h7-9,12H,5-6,10-11H2,1-4H3,(H,20,22)(H3,18,19,21). The maximum atomic E-state index is 11.5. The van der Waals surface area contributed by atoms with Crippen LogP contribution in [0, 0.1) is 0 Å². The van der Waals surface area contributed by atoms with Gasteiger partial charge in [-0.25, -0.2) is 4.79 Å². The highest BCUT2D eigenvalue weighted by molar-refractivity contribution is 5.92. The minimum absolute atomic E-state index is 0.350.